The zero-order valence-electron chi connectivity index (χ0n) is 20.1. The number of nitrogens with one attached hydrogen (secondary N) is 2. The maximum absolute atomic E-state index is 14.3. The maximum atomic E-state index is 14.3. The van der Waals surface area contributed by atoms with Gasteiger partial charge in [0.05, 0.1) is 41.0 Å². The van der Waals surface area contributed by atoms with Crippen LogP contribution in [-0.2, 0) is 10.9 Å². The Bertz CT molecular complexity index is 1530. The minimum atomic E-state index is -4.70. The van der Waals surface area contributed by atoms with Crippen LogP contribution in [0.3, 0.4) is 0 Å². The van der Waals surface area contributed by atoms with Gasteiger partial charge in [-0.05, 0) is 36.4 Å². The van der Waals surface area contributed by atoms with Crippen LogP contribution in [0.5, 0.6) is 11.5 Å². The molecule has 13 heteroatoms. The number of hydrogen-bond donors (Lipinski definition) is 2. The number of hydrogen-bond acceptors (Lipinski definition) is 6. The molecule has 3 aromatic carbocycles. The number of urea groups is 1. The second-order valence-electron chi connectivity index (χ2n) is 8.53. The average molecular weight is 562 g/mol. The van der Waals surface area contributed by atoms with Crippen molar-refractivity contribution >= 4 is 45.9 Å². The Hall–Kier alpha value is -4.16. The number of carbonyl (C=O) groups is 1. The molecule has 1 aromatic heterocycles. The van der Waals surface area contributed by atoms with Crippen molar-refractivity contribution in [1.29, 1.82) is 0 Å². The Morgan fingerprint density at radius 2 is 1.72 bits per heavy atom. The predicted octanol–water partition coefficient (Wildman–Crippen LogP) is 6.71. The normalized spacial score (nSPS) is 13.8. The van der Waals surface area contributed by atoms with Crippen LogP contribution in [0.4, 0.5) is 39.5 Å². The fraction of sp³-hybridized carbons (Fsp3) is 0.192. The maximum Gasteiger partial charge on any atom is 0.417 e. The molecule has 0 saturated carbocycles. The Labute approximate surface area is 224 Å². The SMILES string of the molecule is O=C(Nc1cc(F)cc(Oc2ccc3ncc(N4CCOCC4)nc3c2)c1)Nc1ccc(Cl)c(C(F)(F)F)c1. The molecular weight excluding hydrogens is 542 g/mol. The summed E-state index contributed by atoms with van der Waals surface area (Å²) >= 11 is 5.61. The molecule has 1 aliphatic rings. The van der Waals surface area contributed by atoms with Gasteiger partial charge in [-0.3, -0.25) is 4.98 Å². The van der Waals surface area contributed by atoms with Gasteiger partial charge in [-0.1, -0.05) is 11.6 Å². The van der Waals surface area contributed by atoms with E-state index < -0.39 is 28.6 Å². The lowest BCUT2D eigenvalue weighted by atomic mass is 10.2. The first kappa shape index (κ1) is 26.4. The summed E-state index contributed by atoms with van der Waals surface area (Å²) in [6.45, 7) is 2.60. The van der Waals surface area contributed by atoms with Gasteiger partial charge in [-0.2, -0.15) is 13.2 Å². The van der Waals surface area contributed by atoms with Gasteiger partial charge in [-0.15, -0.1) is 0 Å². The zero-order chi connectivity index (χ0) is 27.6. The van der Waals surface area contributed by atoms with E-state index in [2.05, 4.69) is 25.5 Å². The number of halogens is 5. The molecule has 5 rings (SSSR count). The lowest BCUT2D eigenvalue weighted by Crippen LogP contribution is -2.36. The van der Waals surface area contributed by atoms with Crippen LogP contribution in [-0.4, -0.2) is 42.3 Å². The summed E-state index contributed by atoms with van der Waals surface area (Å²) in [6.07, 6.45) is -3.00. The summed E-state index contributed by atoms with van der Waals surface area (Å²) < 4.78 is 64.8. The van der Waals surface area contributed by atoms with Crippen molar-refractivity contribution in [2.24, 2.45) is 0 Å². The lowest BCUT2D eigenvalue weighted by molar-refractivity contribution is -0.137. The summed E-state index contributed by atoms with van der Waals surface area (Å²) in [5, 5.41) is 4.15. The number of alkyl halides is 3. The fourth-order valence-corrected chi connectivity index (χ4v) is 4.16. The van der Waals surface area contributed by atoms with Gasteiger partial charge in [0.15, 0.2) is 0 Å². The van der Waals surface area contributed by atoms with E-state index in [9.17, 15) is 22.4 Å². The van der Waals surface area contributed by atoms with Crippen LogP contribution < -0.4 is 20.3 Å². The molecule has 2 heterocycles. The Morgan fingerprint density at radius 3 is 2.49 bits per heavy atom. The third-order valence-corrected chi connectivity index (χ3v) is 6.06. The van der Waals surface area contributed by atoms with Gasteiger partial charge >= 0.3 is 12.2 Å². The van der Waals surface area contributed by atoms with E-state index in [0.29, 0.717) is 55.0 Å². The molecule has 4 aromatic rings. The fourth-order valence-electron chi connectivity index (χ4n) is 3.93. The number of fused-ring (bicyclic) bond motifs is 1. The van der Waals surface area contributed by atoms with Crippen molar-refractivity contribution in [2.45, 2.75) is 6.18 Å². The summed E-state index contributed by atoms with van der Waals surface area (Å²) in [7, 11) is 0. The molecule has 2 N–H and O–H groups in total. The average Bonchev–Trinajstić information content (AvgIpc) is 2.89. The molecule has 1 fully saturated rings. The highest BCUT2D eigenvalue weighted by atomic mass is 35.5. The van der Waals surface area contributed by atoms with Gasteiger partial charge in [0, 0.05) is 42.7 Å². The topological polar surface area (TPSA) is 88.6 Å². The number of nitrogens with zero attached hydrogens (tertiary/aromatic N) is 3. The molecule has 202 valence electrons. The third kappa shape index (κ3) is 6.47. The highest BCUT2D eigenvalue weighted by Crippen LogP contribution is 2.36. The van der Waals surface area contributed by atoms with Crippen molar-refractivity contribution in [3.63, 3.8) is 0 Å². The molecule has 0 spiro atoms. The molecule has 0 atom stereocenters. The number of anilines is 3. The summed E-state index contributed by atoms with van der Waals surface area (Å²) in [4.78, 5) is 23.5. The van der Waals surface area contributed by atoms with Crippen LogP contribution >= 0.6 is 11.6 Å². The molecule has 0 radical (unpaired) electrons. The highest BCUT2D eigenvalue weighted by Gasteiger charge is 2.33. The van der Waals surface area contributed by atoms with Crippen molar-refractivity contribution in [2.75, 3.05) is 41.8 Å². The van der Waals surface area contributed by atoms with E-state index >= 15 is 0 Å². The minimum Gasteiger partial charge on any atom is -0.457 e. The van der Waals surface area contributed by atoms with Gasteiger partial charge < -0.3 is 25.0 Å². The molecule has 1 aliphatic heterocycles. The Morgan fingerprint density at radius 1 is 0.949 bits per heavy atom. The number of ether oxygens (including phenoxy) is 2. The largest absolute Gasteiger partial charge is 0.457 e. The second-order valence-corrected chi connectivity index (χ2v) is 8.93. The predicted molar refractivity (Wildman–Crippen MR) is 138 cm³/mol. The van der Waals surface area contributed by atoms with Gasteiger partial charge in [-0.25, -0.2) is 14.2 Å². The molecular formula is C26H20ClF4N5O3. The standard InChI is InChI=1S/C26H20ClF4N5O3/c27-21-3-1-16(12-20(21)26(29,30)31)33-25(37)34-17-9-15(28)10-19(11-17)39-18-2-4-22-23(13-18)35-24(14-32-22)36-5-7-38-8-6-36/h1-4,9-14H,5-8H2,(H2,33,34,37). The molecule has 0 bridgehead atoms. The van der Waals surface area contributed by atoms with E-state index in [0.717, 1.165) is 18.2 Å². The van der Waals surface area contributed by atoms with Crippen LogP contribution in [0.15, 0.2) is 60.8 Å². The lowest BCUT2D eigenvalue weighted by Gasteiger charge is -2.27. The number of benzene rings is 3. The minimum absolute atomic E-state index is 0.0164. The highest BCUT2D eigenvalue weighted by molar-refractivity contribution is 6.31. The third-order valence-electron chi connectivity index (χ3n) is 5.73. The van der Waals surface area contributed by atoms with Crippen molar-refractivity contribution in [3.8, 4) is 11.5 Å². The van der Waals surface area contributed by atoms with E-state index in [4.69, 9.17) is 21.1 Å². The zero-order valence-corrected chi connectivity index (χ0v) is 20.8. The Kier molecular flexibility index (Phi) is 7.40. The van der Waals surface area contributed by atoms with E-state index in [1.807, 2.05) is 0 Å². The van der Waals surface area contributed by atoms with Crippen LogP contribution in [0.1, 0.15) is 5.56 Å². The molecule has 8 nitrogen and oxygen atoms in total. The monoisotopic (exact) mass is 561 g/mol. The first-order valence-electron chi connectivity index (χ1n) is 11.7. The molecule has 0 unspecified atom stereocenters. The van der Waals surface area contributed by atoms with Crippen molar-refractivity contribution < 1.29 is 31.8 Å². The molecule has 2 amide bonds. The molecule has 1 saturated heterocycles. The number of carbonyl (C=O) groups excluding carboxylic acids is 1. The number of morpholine rings is 1. The van der Waals surface area contributed by atoms with Crippen LogP contribution in [0.2, 0.25) is 5.02 Å². The first-order chi connectivity index (χ1) is 18.6. The summed E-state index contributed by atoms with van der Waals surface area (Å²) in [5.41, 5.74) is -0.00520. The van der Waals surface area contributed by atoms with E-state index in [1.54, 1.807) is 24.4 Å². The number of amides is 2. The number of rotatable bonds is 5. The smallest absolute Gasteiger partial charge is 0.417 e. The second kappa shape index (κ2) is 10.9. The van der Waals surface area contributed by atoms with Crippen LogP contribution in [0.25, 0.3) is 11.0 Å². The van der Waals surface area contributed by atoms with Crippen molar-refractivity contribution in [1.82, 2.24) is 9.97 Å². The van der Waals surface area contributed by atoms with Crippen molar-refractivity contribution in [3.05, 3.63) is 77.2 Å². The van der Waals surface area contributed by atoms with Gasteiger partial charge in [0.2, 0.25) is 0 Å². The summed E-state index contributed by atoms with van der Waals surface area (Å²) in [5.74, 6) is 0.434. The molecule has 39 heavy (non-hydrogen) atoms. The first-order valence-corrected chi connectivity index (χ1v) is 12.0. The summed E-state index contributed by atoms with van der Waals surface area (Å²) in [6, 6.07) is 10.6. The number of aromatic nitrogens is 2. The van der Waals surface area contributed by atoms with E-state index in [1.165, 1.54) is 12.1 Å². The van der Waals surface area contributed by atoms with Gasteiger partial charge in [0.25, 0.3) is 0 Å². The quantitative estimate of drug-likeness (QED) is 0.263. The Balaban J connectivity index is 1.30. The van der Waals surface area contributed by atoms with Crippen LogP contribution in [0, 0.1) is 5.82 Å². The van der Waals surface area contributed by atoms with Gasteiger partial charge in [0.1, 0.15) is 23.1 Å². The van der Waals surface area contributed by atoms with E-state index in [-0.39, 0.29) is 17.1 Å². The molecule has 0 aliphatic carbocycles.